The van der Waals surface area contributed by atoms with Gasteiger partial charge in [-0.3, -0.25) is 10.1 Å². The fourth-order valence-electron chi connectivity index (χ4n) is 1.78. The van der Waals surface area contributed by atoms with E-state index in [9.17, 15) is 10.1 Å². The summed E-state index contributed by atoms with van der Waals surface area (Å²) in [5, 5.41) is 11.0. The van der Waals surface area contributed by atoms with Crippen LogP contribution < -0.4 is 4.90 Å². The topological polar surface area (TPSA) is 59.3 Å². The molecule has 0 aliphatic rings. The summed E-state index contributed by atoms with van der Waals surface area (Å²) in [6, 6.07) is 10.8. The third-order valence-corrected chi connectivity index (χ3v) is 3.46. The zero-order valence-electron chi connectivity index (χ0n) is 10.3. The van der Waals surface area contributed by atoms with Crippen LogP contribution in [0.5, 0.6) is 0 Å². The molecule has 0 fully saturated rings. The van der Waals surface area contributed by atoms with E-state index in [-0.39, 0.29) is 5.69 Å². The Bertz CT molecular complexity index is 604. The Morgan fingerprint density at radius 3 is 2.74 bits per heavy atom. The molecule has 0 aliphatic heterocycles. The van der Waals surface area contributed by atoms with E-state index in [1.54, 1.807) is 24.2 Å². The molecule has 0 N–H and O–H groups in total. The summed E-state index contributed by atoms with van der Waals surface area (Å²) in [6.07, 6.45) is 1.55. The van der Waals surface area contributed by atoms with Crippen molar-refractivity contribution in [3.63, 3.8) is 0 Å². The first kappa shape index (κ1) is 13.5. The summed E-state index contributed by atoms with van der Waals surface area (Å²) in [6.45, 7) is 0.541. The highest BCUT2D eigenvalue weighted by Crippen LogP contribution is 2.26. The highest BCUT2D eigenvalue weighted by Gasteiger charge is 2.18. The van der Waals surface area contributed by atoms with Gasteiger partial charge in [-0.15, -0.1) is 0 Å². The largest absolute Gasteiger partial charge is 0.350 e. The van der Waals surface area contributed by atoms with Crippen molar-refractivity contribution in [2.24, 2.45) is 0 Å². The normalized spacial score (nSPS) is 10.2. The second-order valence-corrected chi connectivity index (χ2v) is 4.91. The number of benzene rings is 1. The maximum atomic E-state index is 11.0. The highest BCUT2D eigenvalue weighted by atomic mass is 79.9. The number of anilines is 1. The summed E-state index contributed by atoms with van der Waals surface area (Å²) >= 11 is 3.46. The van der Waals surface area contributed by atoms with E-state index in [1.165, 1.54) is 6.07 Å². The first-order valence-corrected chi connectivity index (χ1v) is 6.43. The number of hydrogen-bond donors (Lipinski definition) is 0. The molecule has 6 heteroatoms. The van der Waals surface area contributed by atoms with Gasteiger partial charge in [-0.1, -0.05) is 34.1 Å². The van der Waals surface area contributed by atoms with Crippen LogP contribution in [0.25, 0.3) is 0 Å². The van der Waals surface area contributed by atoms with Crippen molar-refractivity contribution < 1.29 is 4.92 Å². The molecular formula is C13H12BrN3O2. The summed E-state index contributed by atoms with van der Waals surface area (Å²) < 4.78 is 0.973. The lowest BCUT2D eigenvalue weighted by molar-refractivity contribution is -0.384. The minimum atomic E-state index is -0.418. The maximum Gasteiger partial charge on any atom is 0.311 e. The average molecular weight is 322 g/mol. The van der Waals surface area contributed by atoms with E-state index in [0.717, 1.165) is 10.0 Å². The van der Waals surface area contributed by atoms with Crippen molar-refractivity contribution >= 4 is 27.4 Å². The average Bonchev–Trinajstić information content (AvgIpc) is 2.41. The van der Waals surface area contributed by atoms with E-state index < -0.39 is 4.92 Å². The number of nitrogens with zero attached hydrogens (tertiary/aromatic N) is 3. The van der Waals surface area contributed by atoms with Crippen molar-refractivity contribution in [3.8, 4) is 0 Å². The third kappa shape index (κ3) is 3.08. The molecule has 0 spiro atoms. The van der Waals surface area contributed by atoms with Crippen LogP contribution in [0.1, 0.15) is 5.56 Å². The van der Waals surface area contributed by atoms with Crippen LogP contribution in [0, 0.1) is 10.1 Å². The van der Waals surface area contributed by atoms with Gasteiger partial charge in [0.05, 0.1) is 4.92 Å². The van der Waals surface area contributed by atoms with Crippen molar-refractivity contribution in [1.82, 2.24) is 4.98 Å². The van der Waals surface area contributed by atoms with E-state index in [0.29, 0.717) is 12.4 Å². The second-order valence-electron chi connectivity index (χ2n) is 4.05. The standard InChI is InChI=1S/C13H12BrN3O2/c1-16(9-10-5-2-3-6-11(10)14)13-12(17(18)19)7-4-8-15-13/h2-8H,9H2,1H3. The molecule has 0 unspecified atom stereocenters. The van der Waals surface area contributed by atoms with Crippen LogP contribution in [0.15, 0.2) is 47.1 Å². The molecule has 0 radical (unpaired) electrons. The number of halogens is 1. The van der Waals surface area contributed by atoms with Crippen molar-refractivity contribution in [2.45, 2.75) is 6.54 Å². The minimum Gasteiger partial charge on any atom is -0.350 e. The molecule has 1 aromatic carbocycles. The molecule has 0 saturated carbocycles. The van der Waals surface area contributed by atoms with Crippen LogP contribution in [-0.4, -0.2) is 17.0 Å². The van der Waals surface area contributed by atoms with Crippen LogP contribution in [0.2, 0.25) is 0 Å². The van der Waals surface area contributed by atoms with E-state index >= 15 is 0 Å². The number of hydrogen-bond acceptors (Lipinski definition) is 4. The second kappa shape index (κ2) is 5.79. The quantitative estimate of drug-likeness (QED) is 0.639. The van der Waals surface area contributed by atoms with Crippen LogP contribution in [0.3, 0.4) is 0 Å². The molecular weight excluding hydrogens is 310 g/mol. The third-order valence-electron chi connectivity index (χ3n) is 2.69. The lowest BCUT2D eigenvalue weighted by Gasteiger charge is -2.18. The maximum absolute atomic E-state index is 11.0. The number of pyridine rings is 1. The lowest BCUT2D eigenvalue weighted by Crippen LogP contribution is -2.19. The van der Waals surface area contributed by atoms with Gasteiger partial charge < -0.3 is 4.90 Å². The zero-order chi connectivity index (χ0) is 13.8. The summed E-state index contributed by atoms with van der Waals surface area (Å²) in [4.78, 5) is 16.4. The summed E-state index contributed by atoms with van der Waals surface area (Å²) in [5.74, 6) is 0.364. The SMILES string of the molecule is CN(Cc1ccccc1Br)c1ncccc1[N+](=O)[O-]. The van der Waals surface area contributed by atoms with Gasteiger partial charge in [-0.25, -0.2) is 4.98 Å². The van der Waals surface area contributed by atoms with Gasteiger partial charge >= 0.3 is 5.69 Å². The smallest absolute Gasteiger partial charge is 0.311 e. The van der Waals surface area contributed by atoms with E-state index in [1.807, 2.05) is 24.3 Å². The number of rotatable bonds is 4. The molecule has 0 saturated heterocycles. The first-order valence-electron chi connectivity index (χ1n) is 5.63. The molecule has 0 aliphatic carbocycles. The van der Waals surface area contributed by atoms with Crippen molar-refractivity contribution in [3.05, 3.63) is 62.7 Å². The Morgan fingerprint density at radius 2 is 2.05 bits per heavy atom. The Morgan fingerprint density at radius 1 is 1.32 bits per heavy atom. The van der Waals surface area contributed by atoms with Gasteiger partial charge in [0.15, 0.2) is 0 Å². The molecule has 2 rings (SSSR count). The fourth-order valence-corrected chi connectivity index (χ4v) is 2.19. The van der Waals surface area contributed by atoms with Crippen molar-refractivity contribution in [2.75, 3.05) is 11.9 Å². The first-order chi connectivity index (χ1) is 9.09. The molecule has 5 nitrogen and oxygen atoms in total. The molecule has 1 heterocycles. The molecule has 0 amide bonds. The van der Waals surface area contributed by atoms with Crippen molar-refractivity contribution in [1.29, 1.82) is 0 Å². The molecule has 1 aromatic heterocycles. The molecule has 0 bridgehead atoms. The van der Waals surface area contributed by atoms with E-state index in [2.05, 4.69) is 20.9 Å². The van der Waals surface area contributed by atoms with Gasteiger partial charge in [0.25, 0.3) is 0 Å². The summed E-state index contributed by atoms with van der Waals surface area (Å²) in [5.41, 5.74) is 1.06. The Labute approximate surface area is 119 Å². The molecule has 19 heavy (non-hydrogen) atoms. The van der Waals surface area contributed by atoms with Gasteiger partial charge in [0.1, 0.15) is 0 Å². The van der Waals surface area contributed by atoms with Crippen LogP contribution in [0.4, 0.5) is 11.5 Å². The van der Waals surface area contributed by atoms with Crippen LogP contribution >= 0.6 is 15.9 Å². The number of aromatic nitrogens is 1. The highest BCUT2D eigenvalue weighted by molar-refractivity contribution is 9.10. The monoisotopic (exact) mass is 321 g/mol. The molecule has 0 atom stereocenters. The number of nitro groups is 1. The lowest BCUT2D eigenvalue weighted by atomic mass is 10.2. The van der Waals surface area contributed by atoms with Crippen LogP contribution in [-0.2, 0) is 6.54 Å². The van der Waals surface area contributed by atoms with Gasteiger partial charge in [-0.05, 0) is 17.7 Å². The Hall–Kier alpha value is -1.95. The van der Waals surface area contributed by atoms with Gasteiger partial charge in [0.2, 0.25) is 5.82 Å². The Balaban J connectivity index is 2.28. The van der Waals surface area contributed by atoms with E-state index in [4.69, 9.17) is 0 Å². The summed E-state index contributed by atoms with van der Waals surface area (Å²) in [7, 11) is 1.79. The Kier molecular flexibility index (Phi) is 4.11. The van der Waals surface area contributed by atoms with Gasteiger partial charge in [0, 0.05) is 30.3 Å². The molecule has 98 valence electrons. The predicted molar refractivity (Wildman–Crippen MR) is 77.1 cm³/mol. The minimum absolute atomic E-state index is 0.0112. The zero-order valence-corrected chi connectivity index (χ0v) is 11.9. The fraction of sp³-hybridized carbons (Fsp3) is 0.154. The van der Waals surface area contributed by atoms with Gasteiger partial charge in [-0.2, -0.15) is 0 Å². The molecule has 2 aromatic rings. The predicted octanol–water partition coefficient (Wildman–Crippen LogP) is 3.39.